The molecule has 0 atom stereocenters. The topological polar surface area (TPSA) is 151 Å². The molecule has 0 heterocycles. The molecule has 0 aliphatic rings. The van der Waals surface area contributed by atoms with Crippen LogP contribution >= 0.6 is 0 Å². The van der Waals surface area contributed by atoms with Crippen LogP contribution in [-0.2, 0) is 28.6 Å². The zero-order chi connectivity index (χ0) is 40.0. The number of hydrogen-bond acceptors (Lipinski definition) is 10. The van der Waals surface area contributed by atoms with Gasteiger partial charge in [0.15, 0.2) is 0 Å². The van der Waals surface area contributed by atoms with Crippen LogP contribution in [0.15, 0.2) is 70.5 Å². The van der Waals surface area contributed by atoms with Crippen LogP contribution in [0.2, 0.25) is 0 Å². The Bertz CT molecular complexity index is 1180. The largest absolute Gasteiger partial charge is 0.395 e. The standard InChI is InChI=1S/2C18H30O3S.C6H15NO3.Na/c2*1-2-3-4-5-6-7-8-9-10-14-17-21-22(19,20)18-15-12-11-13-16-18;8-4-1-7(2-5-9)3-6-10;/h2*11-13,15-16H,2-10,14,17H2,1H3;8-10H,1-6H2;. The Morgan fingerprint density at radius 2 is 0.691 bits per heavy atom. The van der Waals surface area contributed by atoms with Crippen molar-refractivity contribution in [3.05, 3.63) is 60.7 Å². The molecule has 0 aliphatic heterocycles. The maximum atomic E-state index is 11.9. The zero-order valence-electron chi connectivity index (χ0n) is 34.6. The molecule has 2 aromatic carbocycles. The SMILES string of the molecule is CCCCCCCCCCCCOS(=O)(=O)c1ccccc1.CCCCCCCCCCCCOS(=O)(=O)c1ccccc1.OCCN(CCO)CCO.[Na]. The first kappa shape index (κ1) is 56.2. The van der Waals surface area contributed by atoms with E-state index in [0.29, 0.717) is 19.6 Å². The summed E-state index contributed by atoms with van der Waals surface area (Å²) in [5.41, 5.74) is 0. The van der Waals surface area contributed by atoms with Crippen LogP contribution in [-0.4, -0.2) is 119 Å². The van der Waals surface area contributed by atoms with Gasteiger partial charge in [0.05, 0.1) is 42.8 Å². The molecule has 0 aliphatic carbocycles. The van der Waals surface area contributed by atoms with Gasteiger partial charge in [0, 0.05) is 49.2 Å². The molecule has 2 rings (SSSR count). The van der Waals surface area contributed by atoms with E-state index in [1.165, 1.54) is 103 Å². The summed E-state index contributed by atoms with van der Waals surface area (Å²) >= 11 is 0. The minimum absolute atomic E-state index is 0. The van der Waals surface area contributed by atoms with Crippen LogP contribution < -0.4 is 0 Å². The molecule has 0 amide bonds. The molecule has 0 unspecified atom stereocenters. The van der Waals surface area contributed by atoms with E-state index in [0.717, 1.165) is 25.7 Å². The van der Waals surface area contributed by atoms with E-state index in [1.807, 2.05) is 0 Å². The molecular weight excluding hydrogens is 750 g/mol. The van der Waals surface area contributed by atoms with E-state index >= 15 is 0 Å². The van der Waals surface area contributed by atoms with E-state index in [-0.39, 0.29) is 72.4 Å². The molecule has 2 aromatic rings. The Kier molecular flexibility index (Phi) is 40.8. The van der Waals surface area contributed by atoms with Crippen LogP contribution in [0, 0.1) is 0 Å². The summed E-state index contributed by atoms with van der Waals surface area (Å²) in [4.78, 5) is 2.27. The first-order valence-electron chi connectivity index (χ1n) is 20.6. The van der Waals surface area contributed by atoms with Crippen LogP contribution in [0.5, 0.6) is 0 Å². The normalized spacial score (nSPS) is 11.3. The fourth-order valence-corrected chi connectivity index (χ4v) is 7.51. The molecule has 315 valence electrons. The smallest absolute Gasteiger partial charge is 0.296 e. The molecule has 0 bridgehead atoms. The molecule has 10 nitrogen and oxygen atoms in total. The van der Waals surface area contributed by atoms with Crippen molar-refractivity contribution in [1.82, 2.24) is 4.90 Å². The summed E-state index contributed by atoms with van der Waals surface area (Å²) in [6.45, 7) is 6.80. The van der Waals surface area contributed by atoms with Gasteiger partial charge in [0.25, 0.3) is 20.2 Å². The summed E-state index contributed by atoms with van der Waals surface area (Å²) in [7, 11) is -7.14. The number of aliphatic hydroxyl groups is 3. The Morgan fingerprint density at radius 1 is 0.436 bits per heavy atom. The van der Waals surface area contributed by atoms with Crippen molar-refractivity contribution in [2.45, 2.75) is 152 Å². The maximum absolute atomic E-state index is 11.9. The minimum Gasteiger partial charge on any atom is -0.395 e. The number of hydrogen-bond donors (Lipinski definition) is 3. The number of aliphatic hydroxyl groups excluding tert-OH is 3. The molecule has 3 N–H and O–H groups in total. The minimum atomic E-state index is -3.57. The number of nitrogens with zero attached hydrogens (tertiary/aromatic N) is 1. The maximum Gasteiger partial charge on any atom is 0.296 e. The van der Waals surface area contributed by atoms with E-state index < -0.39 is 20.2 Å². The van der Waals surface area contributed by atoms with E-state index in [4.69, 9.17) is 23.7 Å². The van der Waals surface area contributed by atoms with Gasteiger partial charge in [-0.25, -0.2) is 0 Å². The summed E-state index contributed by atoms with van der Waals surface area (Å²) in [6.07, 6.45) is 24.5. The predicted octanol–water partition coefficient (Wildman–Crippen LogP) is 8.51. The predicted molar refractivity (Wildman–Crippen MR) is 226 cm³/mol. The molecule has 0 fully saturated rings. The average molecular weight is 825 g/mol. The van der Waals surface area contributed by atoms with Crippen molar-refractivity contribution in [3.63, 3.8) is 0 Å². The summed E-state index contributed by atoms with van der Waals surface area (Å²) in [5.74, 6) is 0. The zero-order valence-corrected chi connectivity index (χ0v) is 38.3. The van der Waals surface area contributed by atoms with Crippen molar-refractivity contribution in [2.24, 2.45) is 0 Å². The molecule has 0 saturated carbocycles. The quantitative estimate of drug-likeness (QED) is 0.0372. The molecule has 0 aromatic heterocycles. The van der Waals surface area contributed by atoms with Gasteiger partial charge in [-0.3, -0.25) is 13.3 Å². The second-order valence-electron chi connectivity index (χ2n) is 13.6. The third-order valence-electron chi connectivity index (χ3n) is 8.79. The summed E-state index contributed by atoms with van der Waals surface area (Å²) in [6, 6.07) is 16.7. The van der Waals surface area contributed by atoms with E-state index in [2.05, 4.69) is 13.8 Å². The van der Waals surface area contributed by atoms with Gasteiger partial charge in [0.1, 0.15) is 0 Å². The van der Waals surface area contributed by atoms with Gasteiger partial charge in [-0.05, 0) is 37.1 Å². The monoisotopic (exact) mass is 824 g/mol. The fourth-order valence-electron chi connectivity index (χ4n) is 5.59. The van der Waals surface area contributed by atoms with Crippen molar-refractivity contribution in [3.8, 4) is 0 Å². The van der Waals surface area contributed by atoms with Crippen LogP contribution in [0.25, 0.3) is 0 Å². The first-order chi connectivity index (χ1) is 26.2. The summed E-state index contributed by atoms with van der Waals surface area (Å²) in [5, 5.41) is 25.5. The van der Waals surface area contributed by atoms with Gasteiger partial charge in [-0.1, -0.05) is 166 Å². The van der Waals surface area contributed by atoms with Crippen LogP contribution in [0.1, 0.15) is 142 Å². The number of benzene rings is 2. The molecule has 0 spiro atoms. The van der Waals surface area contributed by atoms with Gasteiger partial charge >= 0.3 is 0 Å². The number of rotatable bonds is 32. The molecule has 13 heteroatoms. The Balaban J connectivity index is 0. The third kappa shape index (κ3) is 33.7. The van der Waals surface area contributed by atoms with E-state index in [9.17, 15) is 16.8 Å². The van der Waals surface area contributed by atoms with Crippen molar-refractivity contribution in [2.75, 3.05) is 52.7 Å². The summed E-state index contributed by atoms with van der Waals surface area (Å²) < 4.78 is 57.6. The Labute approximate surface area is 358 Å². The van der Waals surface area contributed by atoms with Gasteiger partial charge in [-0.15, -0.1) is 0 Å². The Morgan fingerprint density at radius 3 is 0.945 bits per heavy atom. The van der Waals surface area contributed by atoms with Crippen molar-refractivity contribution < 1.29 is 40.5 Å². The first-order valence-corrected chi connectivity index (χ1v) is 23.4. The van der Waals surface area contributed by atoms with Crippen LogP contribution in [0.3, 0.4) is 0 Å². The van der Waals surface area contributed by atoms with Gasteiger partial charge < -0.3 is 15.3 Å². The number of unbranched alkanes of at least 4 members (excludes halogenated alkanes) is 18. The second-order valence-corrected chi connectivity index (χ2v) is 16.8. The average Bonchev–Trinajstić information content (AvgIpc) is 3.17. The molecule has 1 radical (unpaired) electrons. The molecular formula is C42H75NNaO9S2. The molecule has 55 heavy (non-hydrogen) atoms. The van der Waals surface area contributed by atoms with Crippen molar-refractivity contribution >= 4 is 49.8 Å². The fraction of sp³-hybridized carbons (Fsp3) is 0.714. The third-order valence-corrected chi connectivity index (χ3v) is 11.4. The van der Waals surface area contributed by atoms with Gasteiger partial charge in [0.2, 0.25) is 0 Å². The van der Waals surface area contributed by atoms with Crippen LogP contribution in [0.4, 0.5) is 0 Å². The Hall–Kier alpha value is -0.900. The van der Waals surface area contributed by atoms with E-state index in [1.54, 1.807) is 65.6 Å². The van der Waals surface area contributed by atoms with Crippen molar-refractivity contribution in [1.29, 1.82) is 0 Å². The van der Waals surface area contributed by atoms with Gasteiger partial charge in [-0.2, -0.15) is 16.8 Å². The second kappa shape index (κ2) is 39.9. The molecule has 0 saturated heterocycles.